The first-order valence-corrected chi connectivity index (χ1v) is 9.92. The molecule has 0 saturated carbocycles. The quantitative estimate of drug-likeness (QED) is 0.518. The number of aliphatic carboxylic acids is 1. The highest BCUT2D eigenvalue weighted by molar-refractivity contribution is 5.70. The standard InChI is InChI=1S/C25H27NO5/c1-29-22-12-13-24(31-3)20(15-22)17-26(16-19-6-4-5-7-23(19)30-2)21-10-8-18(9-11-21)14-25(27)28/h4-13,15H,14,16-17H2,1-3H3,(H,27,28). The van der Waals surface area contributed by atoms with Crippen molar-refractivity contribution in [3.8, 4) is 17.2 Å². The van der Waals surface area contributed by atoms with Gasteiger partial charge in [0.15, 0.2) is 0 Å². The van der Waals surface area contributed by atoms with Gasteiger partial charge in [-0.1, -0.05) is 30.3 Å². The molecule has 0 aliphatic carbocycles. The maximum Gasteiger partial charge on any atom is 0.307 e. The molecule has 1 N–H and O–H groups in total. The summed E-state index contributed by atoms with van der Waals surface area (Å²) in [6, 6.07) is 21.2. The van der Waals surface area contributed by atoms with Crippen LogP contribution < -0.4 is 19.1 Å². The van der Waals surface area contributed by atoms with Crippen LogP contribution in [0.1, 0.15) is 16.7 Å². The highest BCUT2D eigenvalue weighted by atomic mass is 16.5. The summed E-state index contributed by atoms with van der Waals surface area (Å²) in [6.45, 7) is 1.17. The van der Waals surface area contributed by atoms with Gasteiger partial charge in [0.05, 0.1) is 27.8 Å². The summed E-state index contributed by atoms with van der Waals surface area (Å²) < 4.78 is 16.5. The van der Waals surface area contributed by atoms with Gasteiger partial charge < -0.3 is 24.2 Å². The second kappa shape index (κ2) is 10.4. The van der Waals surface area contributed by atoms with Crippen LogP contribution in [0, 0.1) is 0 Å². The molecule has 3 aromatic rings. The minimum absolute atomic E-state index is 0.00348. The number of carbonyl (C=O) groups is 1. The molecule has 0 heterocycles. The summed E-state index contributed by atoms with van der Waals surface area (Å²) in [6.07, 6.45) is -0.00348. The zero-order chi connectivity index (χ0) is 22.2. The SMILES string of the molecule is COc1ccc(OC)c(CN(Cc2ccccc2OC)c2ccc(CC(=O)O)cc2)c1. The van der Waals surface area contributed by atoms with Gasteiger partial charge in [-0.05, 0) is 42.0 Å². The van der Waals surface area contributed by atoms with Gasteiger partial charge in [0, 0.05) is 29.9 Å². The number of anilines is 1. The molecule has 0 fully saturated rings. The molecular weight excluding hydrogens is 394 g/mol. The van der Waals surface area contributed by atoms with Gasteiger partial charge in [-0.2, -0.15) is 0 Å². The Balaban J connectivity index is 1.97. The molecule has 6 nitrogen and oxygen atoms in total. The Hall–Kier alpha value is -3.67. The van der Waals surface area contributed by atoms with Gasteiger partial charge >= 0.3 is 5.97 Å². The third-order valence-corrected chi connectivity index (χ3v) is 5.06. The zero-order valence-electron chi connectivity index (χ0n) is 18.0. The Bertz CT molecular complexity index is 1020. The van der Waals surface area contributed by atoms with E-state index in [0.717, 1.165) is 39.6 Å². The first kappa shape index (κ1) is 22.0. The Morgan fingerprint density at radius 1 is 0.806 bits per heavy atom. The Morgan fingerprint density at radius 2 is 1.45 bits per heavy atom. The van der Waals surface area contributed by atoms with E-state index in [4.69, 9.17) is 19.3 Å². The van der Waals surface area contributed by atoms with Crippen LogP contribution >= 0.6 is 0 Å². The monoisotopic (exact) mass is 421 g/mol. The summed E-state index contributed by atoms with van der Waals surface area (Å²) in [4.78, 5) is 13.2. The van der Waals surface area contributed by atoms with E-state index in [0.29, 0.717) is 13.1 Å². The van der Waals surface area contributed by atoms with Gasteiger partial charge in [0.2, 0.25) is 0 Å². The van der Waals surface area contributed by atoms with E-state index in [9.17, 15) is 4.79 Å². The molecular formula is C25H27NO5. The zero-order valence-corrected chi connectivity index (χ0v) is 18.0. The van der Waals surface area contributed by atoms with Crippen LogP contribution in [0.5, 0.6) is 17.2 Å². The van der Waals surface area contributed by atoms with Crippen LogP contribution in [0.2, 0.25) is 0 Å². The Kier molecular flexibility index (Phi) is 7.38. The van der Waals surface area contributed by atoms with Crippen molar-refractivity contribution in [1.29, 1.82) is 0 Å². The van der Waals surface area contributed by atoms with Crippen molar-refractivity contribution in [2.24, 2.45) is 0 Å². The van der Waals surface area contributed by atoms with Crippen molar-refractivity contribution in [2.75, 3.05) is 26.2 Å². The van der Waals surface area contributed by atoms with Crippen molar-refractivity contribution < 1.29 is 24.1 Å². The average Bonchev–Trinajstić information content (AvgIpc) is 2.79. The van der Waals surface area contributed by atoms with Crippen molar-refractivity contribution in [3.63, 3.8) is 0 Å². The third kappa shape index (κ3) is 5.69. The van der Waals surface area contributed by atoms with E-state index in [2.05, 4.69) is 4.90 Å². The van der Waals surface area contributed by atoms with E-state index < -0.39 is 5.97 Å². The minimum atomic E-state index is -0.847. The number of carboxylic acid groups (broad SMARTS) is 1. The molecule has 0 unspecified atom stereocenters. The van der Waals surface area contributed by atoms with E-state index >= 15 is 0 Å². The highest BCUT2D eigenvalue weighted by Crippen LogP contribution is 2.30. The fourth-order valence-electron chi connectivity index (χ4n) is 3.49. The largest absolute Gasteiger partial charge is 0.497 e. The van der Waals surface area contributed by atoms with E-state index in [1.54, 1.807) is 21.3 Å². The number of methoxy groups -OCH3 is 3. The molecule has 6 heteroatoms. The maximum absolute atomic E-state index is 11.0. The molecule has 0 atom stereocenters. The molecule has 0 bridgehead atoms. The lowest BCUT2D eigenvalue weighted by atomic mass is 10.1. The van der Waals surface area contributed by atoms with Crippen molar-refractivity contribution in [1.82, 2.24) is 0 Å². The summed E-state index contributed by atoms with van der Waals surface area (Å²) in [5.41, 5.74) is 3.74. The Labute approximate surface area is 182 Å². The fourth-order valence-corrected chi connectivity index (χ4v) is 3.49. The molecule has 0 aliphatic heterocycles. The number of rotatable bonds is 10. The number of ether oxygens (including phenoxy) is 3. The summed E-state index contributed by atoms with van der Waals surface area (Å²) >= 11 is 0. The third-order valence-electron chi connectivity index (χ3n) is 5.06. The predicted molar refractivity (Wildman–Crippen MR) is 120 cm³/mol. The van der Waals surface area contributed by atoms with Crippen LogP contribution in [-0.4, -0.2) is 32.4 Å². The summed E-state index contributed by atoms with van der Waals surface area (Å²) in [5, 5.41) is 9.05. The van der Waals surface area contributed by atoms with E-state index in [1.807, 2.05) is 66.7 Å². The summed E-state index contributed by atoms with van der Waals surface area (Å²) in [5.74, 6) is 1.49. The lowest BCUT2D eigenvalue weighted by molar-refractivity contribution is -0.136. The number of hydrogen-bond acceptors (Lipinski definition) is 5. The molecule has 162 valence electrons. The smallest absolute Gasteiger partial charge is 0.307 e. The Morgan fingerprint density at radius 3 is 2.10 bits per heavy atom. The van der Waals surface area contributed by atoms with Crippen LogP contribution in [0.3, 0.4) is 0 Å². The minimum Gasteiger partial charge on any atom is -0.497 e. The van der Waals surface area contributed by atoms with Crippen LogP contribution in [0.15, 0.2) is 66.7 Å². The topological polar surface area (TPSA) is 68.2 Å². The van der Waals surface area contributed by atoms with Crippen LogP contribution in [0.25, 0.3) is 0 Å². The van der Waals surface area contributed by atoms with Gasteiger partial charge in [0.1, 0.15) is 17.2 Å². The van der Waals surface area contributed by atoms with Crippen molar-refractivity contribution in [3.05, 3.63) is 83.4 Å². The first-order valence-electron chi connectivity index (χ1n) is 9.92. The summed E-state index contributed by atoms with van der Waals surface area (Å²) in [7, 11) is 4.95. The molecule has 0 radical (unpaired) electrons. The van der Waals surface area contributed by atoms with Crippen molar-refractivity contribution >= 4 is 11.7 Å². The van der Waals surface area contributed by atoms with E-state index in [-0.39, 0.29) is 6.42 Å². The van der Waals surface area contributed by atoms with Crippen LogP contribution in [-0.2, 0) is 24.3 Å². The fraction of sp³-hybridized carbons (Fsp3) is 0.240. The number of carboxylic acids is 1. The maximum atomic E-state index is 11.0. The molecule has 0 aromatic heterocycles. The van der Waals surface area contributed by atoms with Gasteiger partial charge in [0.25, 0.3) is 0 Å². The highest BCUT2D eigenvalue weighted by Gasteiger charge is 2.15. The van der Waals surface area contributed by atoms with Gasteiger partial charge in [-0.15, -0.1) is 0 Å². The first-order chi connectivity index (χ1) is 15.0. The lowest BCUT2D eigenvalue weighted by Crippen LogP contribution is -2.23. The molecule has 0 amide bonds. The van der Waals surface area contributed by atoms with Gasteiger partial charge in [-0.25, -0.2) is 0 Å². The van der Waals surface area contributed by atoms with E-state index in [1.165, 1.54) is 0 Å². The number of para-hydroxylation sites is 1. The second-order valence-electron chi connectivity index (χ2n) is 7.08. The molecule has 0 spiro atoms. The number of hydrogen-bond donors (Lipinski definition) is 1. The molecule has 0 aliphatic rings. The molecule has 3 rings (SSSR count). The normalized spacial score (nSPS) is 10.4. The number of nitrogens with zero attached hydrogens (tertiary/aromatic N) is 1. The molecule has 31 heavy (non-hydrogen) atoms. The number of benzene rings is 3. The molecule has 3 aromatic carbocycles. The lowest BCUT2D eigenvalue weighted by Gasteiger charge is -2.27. The predicted octanol–water partition coefficient (Wildman–Crippen LogP) is 4.55. The van der Waals surface area contributed by atoms with Gasteiger partial charge in [-0.3, -0.25) is 4.79 Å². The second-order valence-corrected chi connectivity index (χ2v) is 7.08. The molecule has 0 saturated heterocycles. The average molecular weight is 421 g/mol. The van der Waals surface area contributed by atoms with Crippen molar-refractivity contribution in [2.45, 2.75) is 19.5 Å². The van der Waals surface area contributed by atoms with Crippen LogP contribution in [0.4, 0.5) is 5.69 Å².